The third kappa shape index (κ3) is 7.08. The first-order valence-electron chi connectivity index (χ1n) is 20.7. The molecule has 8 aliphatic rings. The van der Waals surface area contributed by atoms with Crippen molar-refractivity contribution in [2.24, 2.45) is 17.3 Å². The second-order valence-corrected chi connectivity index (χ2v) is 17.7. The van der Waals surface area contributed by atoms with E-state index in [0.29, 0.717) is 25.7 Å². The SMILES string of the molecule is CO[C@@H]1C[C@H](O[C@H]2[C@@H](O)C[C@H](O[C@@H]3[C@@H](C)O[C@@H](O[C@H]4CC[C@@]5(C)C(=CC[C@H]6C(=O)O[C@@H]7CO[C@]8(C)OC=C(CC[C@@H]65)[C@]78O)C4)C[C@H]3OC)O[C@@H]2C)O[C@H](C)[C@H]1O. The molecule has 6 aliphatic heterocycles. The Morgan fingerprint density at radius 2 is 1.48 bits per heavy atom. The Labute approximate surface area is 329 Å². The molecule has 0 aromatic heterocycles. The molecule has 15 heteroatoms. The van der Waals surface area contributed by atoms with Crippen LogP contribution in [0.5, 0.6) is 0 Å². The number of carbonyl (C=O) groups is 1. The summed E-state index contributed by atoms with van der Waals surface area (Å²) >= 11 is 0. The number of hydrogen-bond acceptors (Lipinski definition) is 15. The number of fused-ring (bicyclic) bond motifs is 3. The van der Waals surface area contributed by atoms with E-state index in [4.69, 9.17) is 52.1 Å². The summed E-state index contributed by atoms with van der Waals surface area (Å²) in [7, 11) is 3.20. The first kappa shape index (κ1) is 41.0. The Balaban J connectivity index is 0.857. The highest BCUT2D eigenvalue weighted by molar-refractivity contribution is 5.74. The van der Waals surface area contributed by atoms with Crippen molar-refractivity contribution in [3.05, 3.63) is 23.5 Å². The van der Waals surface area contributed by atoms with Crippen molar-refractivity contribution in [3.8, 4) is 0 Å². The van der Waals surface area contributed by atoms with Gasteiger partial charge in [0.1, 0.15) is 18.3 Å². The largest absolute Gasteiger partial charge is 0.466 e. The van der Waals surface area contributed by atoms with Crippen molar-refractivity contribution in [3.63, 3.8) is 0 Å². The van der Waals surface area contributed by atoms with Crippen LogP contribution in [0.4, 0.5) is 0 Å². The average molecular weight is 795 g/mol. The van der Waals surface area contributed by atoms with Gasteiger partial charge in [-0.05, 0) is 70.6 Å². The molecule has 2 aliphatic carbocycles. The van der Waals surface area contributed by atoms with Crippen LogP contribution in [0, 0.1) is 17.3 Å². The monoisotopic (exact) mass is 794 g/mol. The molecule has 0 spiro atoms. The minimum atomic E-state index is -1.49. The van der Waals surface area contributed by atoms with Crippen molar-refractivity contribution in [2.75, 3.05) is 20.8 Å². The van der Waals surface area contributed by atoms with Crippen molar-refractivity contribution in [1.82, 2.24) is 0 Å². The molecule has 6 heterocycles. The number of aliphatic hydroxyl groups is 3. The standard InChI is InChI=1S/C41H62O15/c1-20-35(43)29(46-6)16-34(50-20)55-36-21(2)51-32(15-28(36)42)56-37-22(3)52-33(17-30(37)47-7)53-25-12-13-39(4)23(14-25)8-10-26-27(39)11-9-24-18-48-40(5)41(24,45)31(19-49-40)54-38(26)44/h8,18,20-22,25-37,42-43,45H,9-17,19H2,1-7H3/t20-,21-,22-,25+,26-,27+,28+,29-,30-,31-,32+,33+,34+,35-,36-,37-,39+,40+,41+/m1/s1. The third-order valence-electron chi connectivity index (χ3n) is 14.4. The molecule has 15 nitrogen and oxygen atoms in total. The molecule has 3 N–H and O–H groups in total. The van der Waals surface area contributed by atoms with Gasteiger partial charge in [-0.25, -0.2) is 0 Å². The van der Waals surface area contributed by atoms with Gasteiger partial charge in [0.15, 0.2) is 30.6 Å². The quantitative estimate of drug-likeness (QED) is 0.241. The van der Waals surface area contributed by atoms with E-state index in [1.165, 1.54) is 5.57 Å². The van der Waals surface area contributed by atoms with Crippen molar-refractivity contribution >= 4 is 5.97 Å². The Bertz CT molecular complexity index is 1490. The summed E-state index contributed by atoms with van der Waals surface area (Å²) in [5.41, 5.74) is 0.310. The number of allylic oxidation sites excluding steroid dienone is 1. The molecule has 0 amide bonds. The molecule has 316 valence electrons. The zero-order valence-electron chi connectivity index (χ0n) is 33.7. The van der Waals surface area contributed by atoms with Crippen molar-refractivity contribution in [2.45, 2.75) is 190 Å². The van der Waals surface area contributed by atoms with Gasteiger partial charge in [0.05, 0.1) is 61.5 Å². The van der Waals surface area contributed by atoms with E-state index in [1.54, 1.807) is 34.3 Å². The van der Waals surface area contributed by atoms with E-state index in [1.807, 2.05) is 13.8 Å². The van der Waals surface area contributed by atoms with E-state index in [-0.39, 0.29) is 54.6 Å². The van der Waals surface area contributed by atoms with Gasteiger partial charge in [-0.1, -0.05) is 18.6 Å². The van der Waals surface area contributed by atoms with Gasteiger partial charge >= 0.3 is 5.97 Å². The van der Waals surface area contributed by atoms with Gasteiger partial charge in [0.2, 0.25) is 5.79 Å². The number of rotatable bonds is 8. The summed E-state index contributed by atoms with van der Waals surface area (Å²) in [6, 6.07) is 0. The topological polar surface area (TPSA) is 179 Å². The molecule has 19 atom stereocenters. The van der Waals surface area contributed by atoms with Crippen LogP contribution in [0.1, 0.15) is 92.4 Å². The minimum absolute atomic E-state index is 0.0418. The second-order valence-electron chi connectivity index (χ2n) is 17.7. The predicted molar refractivity (Wildman–Crippen MR) is 194 cm³/mol. The average Bonchev–Trinajstić information content (AvgIpc) is 3.57. The second kappa shape index (κ2) is 15.7. The highest BCUT2D eigenvalue weighted by atomic mass is 16.8. The van der Waals surface area contributed by atoms with Gasteiger partial charge < -0.3 is 67.4 Å². The number of carbonyl (C=O) groups excluding carboxylic acids is 1. The van der Waals surface area contributed by atoms with E-state index in [9.17, 15) is 20.1 Å². The first-order chi connectivity index (χ1) is 26.7. The summed E-state index contributed by atoms with van der Waals surface area (Å²) in [4.78, 5) is 13.7. The molecular weight excluding hydrogens is 732 g/mol. The number of esters is 1. The molecule has 0 radical (unpaired) electrons. The maximum atomic E-state index is 13.7. The van der Waals surface area contributed by atoms with Crippen molar-refractivity contribution < 1.29 is 72.2 Å². The van der Waals surface area contributed by atoms with Crippen LogP contribution >= 0.6 is 0 Å². The summed E-state index contributed by atoms with van der Waals surface area (Å²) in [5.74, 6) is -1.80. The Kier molecular flexibility index (Phi) is 11.5. The Hall–Kier alpha value is -1.73. The van der Waals surface area contributed by atoms with Gasteiger partial charge in [-0.15, -0.1) is 0 Å². The predicted octanol–water partition coefficient (Wildman–Crippen LogP) is 3.15. The molecule has 0 unspecified atom stereocenters. The fraction of sp³-hybridized carbons (Fsp3) is 0.878. The molecular formula is C41H62O15. The molecule has 8 rings (SSSR count). The van der Waals surface area contributed by atoms with E-state index in [0.717, 1.165) is 31.3 Å². The lowest BCUT2D eigenvalue weighted by molar-refractivity contribution is -0.337. The van der Waals surface area contributed by atoms with Crippen LogP contribution in [0.15, 0.2) is 23.5 Å². The maximum Gasteiger partial charge on any atom is 0.310 e. The molecule has 56 heavy (non-hydrogen) atoms. The molecule has 0 bridgehead atoms. The van der Waals surface area contributed by atoms with Gasteiger partial charge in [-0.2, -0.15) is 0 Å². The lowest BCUT2D eigenvalue weighted by Crippen LogP contribution is -2.56. The van der Waals surface area contributed by atoms with E-state index < -0.39 is 79.1 Å². The lowest BCUT2D eigenvalue weighted by Gasteiger charge is -2.50. The first-order valence-corrected chi connectivity index (χ1v) is 20.7. The van der Waals surface area contributed by atoms with Crippen LogP contribution < -0.4 is 0 Å². The minimum Gasteiger partial charge on any atom is -0.466 e. The number of aliphatic hydroxyl groups excluding tert-OH is 2. The molecule has 1 saturated carbocycles. The van der Waals surface area contributed by atoms with Crippen LogP contribution in [-0.2, 0) is 56.9 Å². The molecule has 0 aromatic rings. The van der Waals surface area contributed by atoms with Crippen LogP contribution in [-0.4, -0.2) is 140 Å². The van der Waals surface area contributed by atoms with Gasteiger partial charge in [-0.3, -0.25) is 4.79 Å². The van der Waals surface area contributed by atoms with Crippen molar-refractivity contribution in [1.29, 1.82) is 0 Å². The summed E-state index contributed by atoms with van der Waals surface area (Å²) in [5, 5.41) is 33.3. The third-order valence-corrected chi connectivity index (χ3v) is 14.4. The zero-order chi connectivity index (χ0) is 39.7. The fourth-order valence-electron chi connectivity index (χ4n) is 11.0. The normalized spacial score (nSPS) is 51.9. The smallest absolute Gasteiger partial charge is 0.310 e. The van der Waals surface area contributed by atoms with Gasteiger partial charge in [0, 0.05) is 46.0 Å². The van der Waals surface area contributed by atoms with Crippen LogP contribution in [0.25, 0.3) is 0 Å². The maximum absolute atomic E-state index is 13.7. The number of methoxy groups -OCH3 is 2. The highest BCUT2D eigenvalue weighted by Crippen LogP contribution is 2.58. The summed E-state index contributed by atoms with van der Waals surface area (Å²) in [6.07, 6.45) is 1.42. The highest BCUT2D eigenvalue weighted by Gasteiger charge is 2.68. The lowest BCUT2D eigenvalue weighted by atomic mass is 9.55. The number of hydrogen-bond donors (Lipinski definition) is 3. The molecule has 6 fully saturated rings. The molecule has 5 saturated heterocycles. The Morgan fingerprint density at radius 3 is 2.21 bits per heavy atom. The van der Waals surface area contributed by atoms with Gasteiger partial charge in [0.25, 0.3) is 0 Å². The zero-order valence-corrected chi connectivity index (χ0v) is 33.7. The fourth-order valence-corrected chi connectivity index (χ4v) is 11.0. The van der Waals surface area contributed by atoms with Crippen LogP contribution in [0.2, 0.25) is 0 Å². The Morgan fingerprint density at radius 1 is 0.821 bits per heavy atom. The van der Waals surface area contributed by atoms with Crippen LogP contribution in [0.3, 0.4) is 0 Å². The summed E-state index contributed by atoms with van der Waals surface area (Å²) < 4.78 is 66.8. The van der Waals surface area contributed by atoms with E-state index in [2.05, 4.69) is 13.0 Å². The van der Waals surface area contributed by atoms with E-state index >= 15 is 0 Å². The summed E-state index contributed by atoms with van der Waals surface area (Å²) in [6.45, 7) is 9.60. The molecule has 0 aromatic carbocycles. The number of ether oxygens (including phenoxy) is 11.